The maximum atomic E-state index is 13.1. The third-order valence-electron chi connectivity index (χ3n) is 5.76. The Hall–Kier alpha value is -5.24. The van der Waals surface area contributed by atoms with Gasteiger partial charge in [-0.3, -0.25) is 20.2 Å². The summed E-state index contributed by atoms with van der Waals surface area (Å²) in [5.74, 6) is 0.142. The smallest absolute Gasteiger partial charge is 0.260 e. The molecule has 8 nitrogen and oxygen atoms in total. The number of rotatable bonds is 6. The number of pyridine rings is 1. The Balaban J connectivity index is 1.22. The van der Waals surface area contributed by atoms with Crippen LogP contribution in [0.1, 0.15) is 21.7 Å². The van der Waals surface area contributed by atoms with E-state index in [4.69, 9.17) is 0 Å². The fraction of sp³-hybridized carbons (Fsp3) is 0. The molecule has 36 heavy (non-hydrogen) atoms. The van der Waals surface area contributed by atoms with Crippen LogP contribution >= 0.6 is 0 Å². The quantitative estimate of drug-likeness (QED) is 0.238. The van der Waals surface area contributed by atoms with Gasteiger partial charge in [0.25, 0.3) is 5.91 Å². The molecule has 174 valence electrons. The van der Waals surface area contributed by atoms with Crippen LogP contribution in [0.3, 0.4) is 0 Å². The van der Waals surface area contributed by atoms with Crippen LogP contribution in [0.5, 0.6) is 0 Å². The lowest BCUT2D eigenvalue weighted by Crippen LogP contribution is -2.14. The highest BCUT2D eigenvalue weighted by atomic mass is 16.1. The van der Waals surface area contributed by atoms with Crippen molar-refractivity contribution in [2.75, 3.05) is 10.6 Å². The number of aromatic nitrogens is 5. The van der Waals surface area contributed by atoms with E-state index in [2.05, 4.69) is 35.8 Å². The lowest BCUT2D eigenvalue weighted by Gasteiger charge is -2.11. The third kappa shape index (κ3) is 4.30. The number of carbonyl (C=O) groups excluding carboxylic acids is 1. The average Bonchev–Trinajstić information content (AvgIpc) is 3.51. The molecule has 0 radical (unpaired) electrons. The minimum Gasteiger partial charge on any atom is -0.355 e. The molecule has 3 heterocycles. The van der Waals surface area contributed by atoms with E-state index >= 15 is 0 Å². The first-order chi connectivity index (χ1) is 17.7. The second kappa shape index (κ2) is 9.19. The molecule has 0 aliphatic rings. The Morgan fingerprint density at radius 1 is 0.861 bits per heavy atom. The SMILES string of the molecule is O=C(Nc1nc2ccccc2[nH]1)c1ccccc1Nc1ccc2c(/C=C/c3ccccn3)n[nH]c2c1. The van der Waals surface area contributed by atoms with Crippen molar-refractivity contribution in [3.63, 3.8) is 0 Å². The van der Waals surface area contributed by atoms with Gasteiger partial charge >= 0.3 is 0 Å². The molecule has 4 N–H and O–H groups in total. The van der Waals surface area contributed by atoms with E-state index in [9.17, 15) is 4.79 Å². The van der Waals surface area contributed by atoms with Gasteiger partial charge in [-0.25, -0.2) is 4.98 Å². The van der Waals surface area contributed by atoms with E-state index in [-0.39, 0.29) is 5.91 Å². The highest BCUT2D eigenvalue weighted by molar-refractivity contribution is 6.08. The van der Waals surface area contributed by atoms with Crippen molar-refractivity contribution in [1.82, 2.24) is 25.1 Å². The highest BCUT2D eigenvalue weighted by Gasteiger charge is 2.14. The molecule has 8 heteroatoms. The Morgan fingerprint density at radius 3 is 2.61 bits per heavy atom. The lowest BCUT2D eigenvalue weighted by atomic mass is 10.1. The molecule has 0 spiro atoms. The van der Waals surface area contributed by atoms with Crippen LogP contribution in [0.15, 0.2) is 91.1 Å². The van der Waals surface area contributed by atoms with E-state index in [1.165, 1.54) is 0 Å². The van der Waals surface area contributed by atoms with E-state index in [0.717, 1.165) is 39.0 Å². The Bertz CT molecular complexity index is 1680. The van der Waals surface area contributed by atoms with Crippen molar-refractivity contribution in [2.24, 2.45) is 0 Å². The van der Waals surface area contributed by atoms with Crippen LogP contribution in [0.2, 0.25) is 0 Å². The Kier molecular flexibility index (Phi) is 5.44. The molecule has 3 aromatic carbocycles. The molecule has 6 rings (SSSR count). The number of nitrogens with one attached hydrogen (secondary N) is 4. The first kappa shape index (κ1) is 21.3. The summed E-state index contributed by atoms with van der Waals surface area (Å²) in [5.41, 5.74) is 6.24. The number of amides is 1. The van der Waals surface area contributed by atoms with Crippen LogP contribution in [0.4, 0.5) is 17.3 Å². The first-order valence-corrected chi connectivity index (χ1v) is 11.4. The van der Waals surface area contributed by atoms with Crippen molar-refractivity contribution in [3.8, 4) is 0 Å². The number of aromatic amines is 2. The maximum Gasteiger partial charge on any atom is 0.260 e. The highest BCUT2D eigenvalue weighted by Crippen LogP contribution is 2.26. The molecule has 0 atom stereocenters. The maximum absolute atomic E-state index is 13.1. The molecule has 0 fully saturated rings. The van der Waals surface area contributed by atoms with Gasteiger partial charge in [-0.15, -0.1) is 0 Å². The number of fused-ring (bicyclic) bond motifs is 2. The summed E-state index contributed by atoms with van der Waals surface area (Å²) < 4.78 is 0. The van der Waals surface area contributed by atoms with E-state index in [1.807, 2.05) is 91.0 Å². The number of H-pyrrole nitrogens is 2. The minimum absolute atomic E-state index is 0.262. The van der Waals surface area contributed by atoms with Gasteiger partial charge in [-0.2, -0.15) is 5.10 Å². The van der Waals surface area contributed by atoms with Crippen LogP contribution in [-0.2, 0) is 0 Å². The fourth-order valence-electron chi connectivity index (χ4n) is 4.02. The van der Waals surface area contributed by atoms with Crippen molar-refractivity contribution >= 4 is 57.3 Å². The molecular formula is C28H21N7O. The van der Waals surface area contributed by atoms with Gasteiger partial charge in [0.15, 0.2) is 0 Å². The molecule has 0 saturated heterocycles. The monoisotopic (exact) mass is 471 g/mol. The van der Waals surface area contributed by atoms with Gasteiger partial charge in [0.05, 0.1) is 39.2 Å². The van der Waals surface area contributed by atoms with Crippen molar-refractivity contribution in [2.45, 2.75) is 0 Å². The fourth-order valence-corrected chi connectivity index (χ4v) is 4.02. The topological polar surface area (TPSA) is 111 Å². The molecule has 0 aliphatic heterocycles. The number of benzene rings is 3. The van der Waals surface area contributed by atoms with Crippen molar-refractivity contribution in [3.05, 3.63) is 108 Å². The van der Waals surface area contributed by atoms with Gasteiger partial charge in [0, 0.05) is 17.3 Å². The summed E-state index contributed by atoms with van der Waals surface area (Å²) in [4.78, 5) is 24.9. The third-order valence-corrected chi connectivity index (χ3v) is 5.76. The minimum atomic E-state index is -0.262. The summed E-state index contributed by atoms with van der Waals surface area (Å²) in [6, 6.07) is 26.7. The average molecular weight is 472 g/mol. The number of hydrogen-bond donors (Lipinski definition) is 4. The number of anilines is 3. The number of hydrogen-bond acceptors (Lipinski definition) is 5. The number of imidazole rings is 1. The van der Waals surface area contributed by atoms with Crippen LogP contribution in [0.25, 0.3) is 34.1 Å². The van der Waals surface area contributed by atoms with E-state index in [0.29, 0.717) is 17.2 Å². The predicted molar refractivity (Wildman–Crippen MR) is 143 cm³/mol. The van der Waals surface area contributed by atoms with Gasteiger partial charge in [-0.1, -0.05) is 30.3 Å². The van der Waals surface area contributed by atoms with Gasteiger partial charge in [0.2, 0.25) is 5.95 Å². The molecule has 3 aromatic heterocycles. The zero-order chi connectivity index (χ0) is 24.3. The summed E-state index contributed by atoms with van der Waals surface area (Å²) in [7, 11) is 0. The van der Waals surface area contributed by atoms with Gasteiger partial charge < -0.3 is 10.3 Å². The van der Waals surface area contributed by atoms with Crippen LogP contribution in [-0.4, -0.2) is 31.1 Å². The number of nitrogens with zero attached hydrogens (tertiary/aromatic N) is 3. The summed E-state index contributed by atoms with van der Waals surface area (Å²) in [6.07, 6.45) is 5.62. The van der Waals surface area contributed by atoms with Crippen molar-refractivity contribution < 1.29 is 4.79 Å². The van der Waals surface area contributed by atoms with E-state index < -0.39 is 0 Å². The Labute approximate surface area is 206 Å². The van der Waals surface area contributed by atoms with Gasteiger partial charge in [0.1, 0.15) is 0 Å². The largest absolute Gasteiger partial charge is 0.355 e. The normalized spacial score (nSPS) is 11.3. The number of carbonyl (C=O) groups is 1. The molecular weight excluding hydrogens is 450 g/mol. The van der Waals surface area contributed by atoms with E-state index in [1.54, 1.807) is 12.3 Å². The summed E-state index contributed by atoms with van der Waals surface area (Å²) in [6.45, 7) is 0. The first-order valence-electron chi connectivity index (χ1n) is 11.4. The summed E-state index contributed by atoms with van der Waals surface area (Å²) in [5, 5.41) is 14.7. The second-order valence-electron chi connectivity index (χ2n) is 8.18. The van der Waals surface area contributed by atoms with Crippen LogP contribution < -0.4 is 10.6 Å². The zero-order valence-electron chi connectivity index (χ0n) is 19.1. The molecule has 0 aliphatic carbocycles. The lowest BCUT2D eigenvalue weighted by molar-refractivity contribution is 0.102. The standard InChI is InChI=1S/C28H21N7O/c36-27(33-28-31-24-10-3-4-11-25(24)32-28)21-8-1-2-9-22(21)30-19-12-14-20-23(34-35-26(20)17-19)15-13-18-7-5-6-16-29-18/h1-17,30H,(H,34,35)(H2,31,32,33,36)/b15-13+. The zero-order valence-corrected chi connectivity index (χ0v) is 19.1. The predicted octanol–water partition coefficient (Wildman–Crippen LogP) is 6.00. The van der Waals surface area contributed by atoms with Crippen molar-refractivity contribution in [1.29, 1.82) is 0 Å². The van der Waals surface area contributed by atoms with Crippen LogP contribution in [0, 0.1) is 0 Å². The molecule has 0 saturated carbocycles. The van der Waals surface area contributed by atoms with Gasteiger partial charge in [-0.05, 0) is 66.7 Å². The Morgan fingerprint density at radius 2 is 1.72 bits per heavy atom. The molecule has 0 bridgehead atoms. The molecule has 1 amide bonds. The number of para-hydroxylation sites is 3. The molecule has 6 aromatic rings. The second-order valence-corrected chi connectivity index (χ2v) is 8.18. The summed E-state index contributed by atoms with van der Waals surface area (Å²) >= 11 is 0. The molecule has 0 unspecified atom stereocenters.